The lowest BCUT2D eigenvalue weighted by molar-refractivity contribution is -0.117. The first-order valence-corrected chi connectivity index (χ1v) is 9.35. The van der Waals surface area contributed by atoms with Crippen molar-refractivity contribution >= 4 is 11.6 Å². The number of hydrogen-bond donors (Lipinski definition) is 1. The Morgan fingerprint density at radius 3 is 2.66 bits per heavy atom. The van der Waals surface area contributed by atoms with Gasteiger partial charge < -0.3 is 14.8 Å². The van der Waals surface area contributed by atoms with Gasteiger partial charge in [0.2, 0.25) is 5.91 Å². The largest absolute Gasteiger partial charge is 0.486 e. The summed E-state index contributed by atoms with van der Waals surface area (Å²) in [5.74, 6) is 0.879. The molecule has 0 bridgehead atoms. The number of anilines is 1. The smallest absolute Gasteiger partial charge is 0.267 e. The topological polar surface area (TPSA) is 82.5 Å². The lowest BCUT2D eigenvalue weighted by Crippen LogP contribution is -2.29. The van der Waals surface area contributed by atoms with E-state index >= 15 is 0 Å². The summed E-state index contributed by atoms with van der Waals surface area (Å²) in [4.78, 5) is 24.7. The van der Waals surface area contributed by atoms with Gasteiger partial charge in [0.05, 0.1) is 5.69 Å². The van der Waals surface area contributed by atoms with E-state index in [-0.39, 0.29) is 18.0 Å². The number of ether oxygens (including phenoxy) is 2. The molecule has 0 radical (unpaired) electrons. The lowest BCUT2D eigenvalue weighted by Gasteiger charge is -2.19. The number of carbonyl (C=O) groups is 1. The van der Waals surface area contributed by atoms with Crippen LogP contribution in [0.25, 0.3) is 11.3 Å². The Hall–Kier alpha value is -3.61. The first-order chi connectivity index (χ1) is 14.0. The third-order valence-electron chi connectivity index (χ3n) is 4.65. The molecule has 148 valence electrons. The molecule has 0 saturated heterocycles. The Kier molecular flexibility index (Phi) is 5.03. The molecule has 1 amide bonds. The minimum atomic E-state index is -0.352. The molecule has 2 heterocycles. The molecule has 0 aliphatic carbocycles. The van der Waals surface area contributed by atoms with Gasteiger partial charge >= 0.3 is 0 Å². The fourth-order valence-corrected chi connectivity index (χ4v) is 3.18. The van der Waals surface area contributed by atoms with Gasteiger partial charge in [0.1, 0.15) is 19.8 Å². The van der Waals surface area contributed by atoms with Crippen LogP contribution in [0.5, 0.6) is 11.5 Å². The van der Waals surface area contributed by atoms with Crippen molar-refractivity contribution in [3.8, 4) is 22.8 Å². The van der Waals surface area contributed by atoms with E-state index in [9.17, 15) is 9.59 Å². The number of aryl methyl sites for hydroxylation is 2. The number of hydrogen-bond acceptors (Lipinski definition) is 5. The minimum absolute atomic E-state index is 0.189. The van der Waals surface area contributed by atoms with Gasteiger partial charge in [-0.25, -0.2) is 4.68 Å². The Balaban J connectivity index is 1.54. The molecule has 0 fully saturated rings. The Morgan fingerprint density at radius 1 is 1.03 bits per heavy atom. The predicted octanol–water partition coefficient (Wildman–Crippen LogP) is 2.94. The SMILES string of the molecule is Cc1ccc(C)c(-c2ccc(=O)n(CC(=O)Nc3ccc4c(c3)OCCO4)n2)c1. The van der Waals surface area contributed by atoms with Crippen LogP contribution in [0.15, 0.2) is 53.3 Å². The molecular weight excluding hydrogens is 370 g/mol. The number of aromatic nitrogens is 2. The van der Waals surface area contributed by atoms with Crippen molar-refractivity contribution in [2.75, 3.05) is 18.5 Å². The van der Waals surface area contributed by atoms with Crippen LogP contribution >= 0.6 is 0 Å². The summed E-state index contributed by atoms with van der Waals surface area (Å²) in [6, 6.07) is 14.3. The highest BCUT2D eigenvalue weighted by atomic mass is 16.6. The summed E-state index contributed by atoms with van der Waals surface area (Å²) < 4.78 is 12.2. The normalized spacial score (nSPS) is 12.5. The van der Waals surface area contributed by atoms with Gasteiger partial charge in [0.25, 0.3) is 5.56 Å². The molecular formula is C22H21N3O4. The zero-order valence-corrected chi connectivity index (χ0v) is 16.3. The van der Waals surface area contributed by atoms with Gasteiger partial charge in [-0.1, -0.05) is 17.7 Å². The second-order valence-electron chi connectivity index (χ2n) is 6.94. The van der Waals surface area contributed by atoms with Crippen molar-refractivity contribution < 1.29 is 14.3 Å². The molecule has 1 aliphatic heterocycles. The van der Waals surface area contributed by atoms with E-state index in [0.29, 0.717) is 36.1 Å². The van der Waals surface area contributed by atoms with E-state index in [2.05, 4.69) is 10.4 Å². The van der Waals surface area contributed by atoms with Gasteiger partial charge in [0.15, 0.2) is 11.5 Å². The third kappa shape index (κ3) is 4.13. The molecule has 0 unspecified atom stereocenters. The van der Waals surface area contributed by atoms with Crippen LogP contribution in [0.1, 0.15) is 11.1 Å². The first kappa shape index (κ1) is 18.7. The molecule has 1 aromatic heterocycles. The maximum atomic E-state index is 12.5. The fraction of sp³-hybridized carbons (Fsp3) is 0.227. The molecule has 0 saturated carbocycles. The highest BCUT2D eigenvalue weighted by Gasteiger charge is 2.14. The molecule has 2 aromatic carbocycles. The van der Waals surface area contributed by atoms with Crippen LogP contribution in [0.2, 0.25) is 0 Å². The van der Waals surface area contributed by atoms with E-state index in [1.54, 1.807) is 24.3 Å². The number of nitrogens with one attached hydrogen (secondary N) is 1. The van der Waals surface area contributed by atoms with E-state index in [1.165, 1.54) is 10.7 Å². The van der Waals surface area contributed by atoms with E-state index < -0.39 is 0 Å². The predicted molar refractivity (Wildman–Crippen MR) is 109 cm³/mol. The fourth-order valence-electron chi connectivity index (χ4n) is 3.18. The van der Waals surface area contributed by atoms with Gasteiger partial charge in [-0.15, -0.1) is 0 Å². The van der Waals surface area contributed by atoms with E-state index in [4.69, 9.17) is 9.47 Å². The number of benzene rings is 2. The standard InChI is InChI=1S/C22H21N3O4/c1-14-3-4-15(2)17(11-14)18-6-8-22(27)25(24-18)13-21(26)23-16-5-7-19-20(12-16)29-10-9-28-19/h3-8,11-12H,9-10,13H2,1-2H3,(H,23,26). The second kappa shape index (κ2) is 7.79. The van der Waals surface area contributed by atoms with E-state index in [1.807, 2.05) is 32.0 Å². The van der Waals surface area contributed by atoms with Crippen molar-refractivity contribution in [1.29, 1.82) is 0 Å². The van der Waals surface area contributed by atoms with Crippen LogP contribution in [0, 0.1) is 13.8 Å². The van der Waals surface area contributed by atoms with Crippen LogP contribution in [0.4, 0.5) is 5.69 Å². The Bertz CT molecular complexity index is 1140. The van der Waals surface area contributed by atoms with Crippen LogP contribution in [0.3, 0.4) is 0 Å². The van der Waals surface area contributed by atoms with Crippen LogP contribution < -0.4 is 20.3 Å². The molecule has 3 aromatic rings. The summed E-state index contributed by atoms with van der Waals surface area (Å²) in [6.45, 7) is 4.77. The van der Waals surface area contributed by atoms with Gasteiger partial charge in [-0.3, -0.25) is 9.59 Å². The molecule has 7 nitrogen and oxygen atoms in total. The average molecular weight is 391 g/mol. The molecule has 0 spiro atoms. The summed E-state index contributed by atoms with van der Waals surface area (Å²) in [7, 11) is 0. The molecule has 1 aliphatic rings. The van der Waals surface area contributed by atoms with Crippen molar-refractivity contribution in [2.45, 2.75) is 20.4 Å². The molecule has 0 atom stereocenters. The van der Waals surface area contributed by atoms with Crippen LogP contribution in [-0.4, -0.2) is 28.9 Å². The third-order valence-corrected chi connectivity index (χ3v) is 4.65. The summed E-state index contributed by atoms with van der Waals surface area (Å²) >= 11 is 0. The zero-order valence-electron chi connectivity index (χ0n) is 16.3. The Labute approximate surface area is 167 Å². The maximum Gasteiger partial charge on any atom is 0.267 e. The number of fused-ring (bicyclic) bond motifs is 1. The molecule has 1 N–H and O–H groups in total. The maximum absolute atomic E-state index is 12.5. The van der Waals surface area contributed by atoms with Gasteiger partial charge in [-0.2, -0.15) is 5.10 Å². The molecule has 7 heteroatoms. The lowest BCUT2D eigenvalue weighted by atomic mass is 10.0. The second-order valence-corrected chi connectivity index (χ2v) is 6.94. The molecule has 4 rings (SSSR count). The summed E-state index contributed by atoms with van der Waals surface area (Å²) in [5.41, 5.74) is 3.97. The first-order valence-electron chi connectivity index (χ1n) is 9.35. The minimum Gasteiger partial charge on any atom is -0.486 e. The quantitative estimate of drug-likeness (QED) is 0.739. The monoisotopic (exact) mass is 391 g/mol. The van der Waals surface area contributed by atoms with E-state index in [0.717, 1.165) is 16.7 Å². The van der Waals surface area contributed by atoms with Crippen molar-refractivity contribution in [1.82, 2.24) is 9.78 Å². The zero-order chi connectivity index (χ0) is 20.4. The average Bonchev–Trinajstić information content (AvgIpc) is 2.71. The van der Waals surface area contributed by atoms with Crippen molar-refractivity contribution in [3.05, 3.63) is 70.0 Å². The molecule has 29 heavy (non-hydrogen) atoms. The summed E-state index contributed by atoms with van der Waals surface area (Å²) in [6.07, 6.45) is 0. The number of amides is 1. The van der Waals surface area contributed by atoms with Gasteiger partial charge in [-0.05, 0) is 43.7 Å². The number of nitrogens with zero attached hydrogens (tertiary/aromatic N) is 2. The number of rotatable bonds is 4. The highest BCUT2D eigenvalue weighted by Crippen LogP contribution is 2.32. The van der Waals surface area contributed by atoms with Crippen molar-refractivity contribution in [2.24, 2.45) is 0 Å². The Morgan fingerprint density at radius 2 is 1.83 bits per heavy atom. The summed E-state index contributed by atoms with van der Waals surface area (Å²) in [5, 5.41) is 7.17. The van der Waals surface area contributed by atoms with Gasteiger partial charge in [0, 0.05) is 23.4 Å². The van der Waals surface area contributed by atoms with Crippen molar-refractivity contribution in [3.63, 3.8) is 0 Å². The van der Waals surface area contributed by atoms with Crippen LogP contribution in [-0.2, 0) is 11.3 Å². The highest BCUT2D eigenvalue weighted by molar-refractivity contribution is 5.90. The number of carbonyl (C=O) groups excluding carboxylic acids is 1.